The van der Waals surface area contributed by atoms with Crippen molar-refractivity contribution in [1.82, 2.24) is 0 Å². The van der Waals surface area contributed by atoms with E-state index in [4.69, 9.17) is 0 Å². The molecule has 0 aliphatic rings. The third-order valence-corrected chi connectivity index (χ3v) is 5.69. The van der Waals surface area contributed by atoms with Crippen LogP contribution in [-0.2, 0) is 0 Å². The number of rotatable bonds is 6. The van der Waals surface area contributed by atoms with Crippen LogP contribution in [-0.4, -0.2) is 11.1 Å². The van der Waals surface area contributed by atoms with Crippen molar-refractivity contribution in [1.29, 1.82) is 0 Å². The zero-order valence-electron chi connectivity index (χ0n) is 9.80. The minimum atomic E-state index is -0.165. The fourth-order valence-corrected chi connectivity index (χ4v) is 4.01. The number of benzene rings is 1. The molecule has 0 atom stereocenters. The molecule has 0 bridgehead atoms. The molecule has 3 heteroatoms. The van der Waals surface area contributed by atoms with Gasteiger partial charge in [0.15, 0.2) is 0 Å². The molecule has 1 aromatic carbocycles. The molecule has 0 spiro atoms. The summed E-state index contributed by atoms with van der Waals surface area (Å²) in [5, 5.41) is 1.03. The highest BCUT2D eigenvalue weighted by molar-refractivity contribution is 9.09. The summed E-state index contributed by atoms with van der Waals surface area (Å²) in [5.41, 5.74) is 0.360. The highest BCUT2D eigenvalue weighted by Crippen LogP contribution is 2.35. The van der Waals surface area contributed by atoms with Gasteiger partial charge in [-0.15, -0.1) is 11.8 Å². The van der Waals surface area contributed by atoms with Crippen LogP contribution in [0.1, 0.15) is 26.7 Å². The highest BCUT2D eigenvalue weighted by Gasteiger charge is 2.24. The monoisotopic (exact) mass is 304 g/mol. The lowest BCUT2D eigenvalue weighted by Crippen LogP contribution is -2.23. The van der Waals surface area contributed by atoms with Crippen LogP contribution in [0, 0.1) is 11.2 Å². The van der Waals surface area contributed by atoms with Crippen LogP contribution in [0.2, 0.25) is 0 Å². The number of halogens is 2. The summed E-state index contributed by atoms with van der Waals surface area (Å²) in [7, 11) is 0. The Morgan fingerprint density at radius 1 is 1.19 bits per heavy atom. The molecule has 1 rings (SSSR count). The zero-order chi connectivity index (χ0) is 12.0. The van der Waals surface area contributed by atoms with Gasteiger partial charge in [-0.05, 0) is 42.5 Å². The number of alkyl halides is 1. The lowest BCUT2D eigenvalue weighted by molar-refractivity contribution is 0.359. The van der Waals surface area contributed by atoms with Gasteiger partial charge in [-0.3, -0.25) is 0 Å². The largest absolute Gasteiger partial charge is 0.207 e. The van der Waals surface area contributed by atoms with Crippen LogP contribution in [0.15, 0.2) is 29.2 Å². The Morgan fingerprint density at radius 2 is 1.75 bits per heavy atom. The van der Waals surface area contributed by atoms with Gasteiger partial charge in [-0.25, -0.2) is 4.39 Å². The van der Waals surface area contributed by atoms with Crippen molar-refractivity contribution in [3.8, 4) is 0 Å². The molecule has 0 aromatic heterocycles. The molecular weight excluding hydrogens is 287 g/mol. The van der Waals surface area contributed by atoms with Crippen molar-refractivity contribution < 1.29 is 4.39 Å². The van der Waals surface area contributed by atoms with Gasteiger partial charge in [-0.2, -0.15) is 0 Å². The van der Waals surface area contributed by atoms with Crippen molar-refractivity contribution >= 4 is 27.7 Å². The molecule has 0 aliphatic heterocycles. The normalized spacial score (nSPS) is 11.8. The smallest absolute Gasteiger partial charge is 0.123 e. The average Bonchev–Trinajstić information content (AvgIpc) is 2.34. The summed E-state index contributed by atoms with van der Waals surface area (Å²) in [6.07, 6.45) is 2.34. The maximum atomic E-state index is 12.7. The zero-order valence-corrected chi connectivity index (χ0v) is 12.2. The first-order valence-electron chi connectivity index (χ1n) is 5.60. The Morgan fingerprint density at radius 3 is 2.19 bits per heavy atom. The molecule has 0 heterocycles. The van der Waals surface area contributed by atoms with Gasteiger partial charge in [-0.1, -0.05) is 29.8 Å². The second-order valence-corrected chi connectivity index (χ2v) is 5.69. The van der Waals surface area contributed by atoms with Crippen molar-refractivity contribution in [3.05, 3.63) is 30.1 Å². The third-order valence-electron chi connectivity index (χ3n) is 3.14. The maximum Gasteiger partial charge on any atom is 0.123 e. The minimum Gasteiger partial charge on any atom is -0.207 e. The van der Waals surface area contributed by atoms with E-state index in [1.807, 2.05) is 23.9 Å². The molecule has 0 fully saturated rings. The van der Waals surface area contributed by atoms with Crippen molar-refractivity contribution in [2.45, 2.75) is 31.6 Å². The Bertz CT molecular complexity index is 298. The summed E-state index contributed by atoms with van der Waals surface area (Å²) in [6.45, 7) is 4.46. The van der Waals surface area contributed by atoms with Crippen molar-refractivity contribution in [3.63, 3.8) is 0 Å². The minimum absolute atomic E-state index is 0.165. The molecule has 0 N–H and O–H groups in total. The van der Waals surface area contributed by atoms with E-state index in [2.05, 4.69) is 29.8 Å². The molecule has 90 valence electrons. The fourth-order valence-electron chi connectivity index (χ4n) is 1.45. The van der Waals surface area contributed by atoms with Gasteiger partial charge in [0.2, 0.25) is 0 Å². The van der Waals surface area contributed by atoms with Crippen LogP contribution in [0.25, 0.3) is 0 Å². The number of hydrogen-bond donors (Lipinski definition) is 0. The first-order chi connectivity index (χ1) is 7.65. The van der Waals surface area contributed by atoms with Crippen LogP contribution in [0.4, 0.5) is 4.39 Å². The van der Waals surface area contributed by atoms with E-state index in [9.17, 15) is 4.39 Å². The number of thioether (sulfide) groups is 1. The van der Waals surface area contributed by atoms with Crippen molar-refractivity contribution in [2.75, 3.05) is 11.1 Å². The summed E-state index contributed by atoms with van der Waals surface area (Å²) in [4.78, 5) is 1.15. The van der Waals surface area contributed by atoms with E-state index >= 15 is 0 Å². The van der Waals surface area contributed by atoms with Crippen molar-refractivity contribution in [2.24, 2.45) is 5.41 Å². The molecular formula is C13H18BrFS. The van der Waals surface area contributed by atoms with Crippen LogP contribution < -0.4 is 0 Å². The van der Waals surface area contributed by atoms with E-state index < -0.39 is 0 Å². The fraction of sp³-hybridized carbons (Fsp3) is 0.538. The lowest BCUT2D eigenvalue weighted by atomic mass is 9.87. The summed E-state index contributed by atoms with van der Waals surface area (Å²) < 4.78 is 12.7. The van der Waals surface area contributed by atoms with Crippen LogP contribution in [0.5, 0.6) is 0 Å². The Kier molecular flexibility index (Phi) is 5.84. The molecule has 16 heavy (non-hydrogen) atoms. The molecule has 0 amide bonds. The molecule has 0 radical (unpaired) electrons. The predicted octanol–water partition coefficient (Wildman–Crippen LogP) is 5.12. The predicted molar refractivity (Wildman–Crippen MR) is 73.9 cm³/mol. The van der Waals surface area contributed by atoms with E-state index in [0.29, 0.717) is 5.41 Å². The number of hydrogen-bond acceptors (Lipinski definition) is 1. The molecule has 1 aromatic rings. The van der Waals surface area contributed by atoms with Gasteiger partial charge >= 0.3 is 0 Å². The second kappa shape index (κ2) is 6.65. The SMILES string of the molecule is CCC(CC)(CBr)CSc1ccc(F)cc1. The van der Waals surface area contributed by atoms with E-state index in [0.717, 1.165) is 16.0 Å². The third kappa shape index (κ3) is 3.77. The van der Waals surface area contributed by atoms with Crippen LogP contribution >= 0.6 is 27.7 Å². The molecule has 0 saturated carbocycles. The molecule has 0 aliphatic carbocycles. The van der Waals surface area contributed by atoms with E-state index in [1.165, 1.54) is 25.0 Å². The summed E-state index contributed by atoms with van der Waals surface area (Å²) in [6, 6.07) is 6.75. The molecule has 0 nitrogen and oxygen atoms in total. The van der Waals surface area contributed by atoms with E-state index in [-0.39, 0.29) is 5.82 Å². The van der Waals surface area contributed by atoms with Gasteiger partial charge in [0.25, 0.3) is 0 Å². The van der Waals surface area contributed by atoms with Crippen LogP contribution in [0.3, 0.4) is 0 Å². The first-order valence-corrected chi connectivity index (χ1v) is 7.71. The lowest BCUT2D eigenvalue weighted by Gasteiger charge is -2.28. The quantitative estimate of drug-likeness (QED) is 0.519. The molecule has 0 saturated heterocycles. The Hall–Kier alpha value is -0.0200. The first kappa shape index (κ1) is 14.0. The maximum absolute atomic E-state index is 12.7. The Labute approximate surface area is 110 Å². The standard InChI is InChI=1S/C13H18BrFS/c1-3-13(4-2,9-14)10-16-12-7-5-11(15)6-8-12/h5-8H,3-4,9-10H2,1-2H3. The molecule has 0 unspecified atom stereocenters. The average molecular weight is 305 g/mol. The Balaban J connectivity index is 2.58. The topological polar surface area (TPSA) is 0 Å². The van der Waals surface area contributed by atoms with Gasteiger partial charge in [0.1, 0.15) is 5.82 Å². The van der Waals surface area contributed by atoms with Gasteiger partial charge in [0, 0.05) is 16.0 Å². The summed E-state index contributed by atoms with van der Waals surface area (Å²) >= 11 is 5.42. The van der Waals surface area contributed by atoms with Gasteiger partial charge < -0.3 is 0 Å². The van der Waals surface area contributed by atoms with E-state index in [1.54, 1.807) is 0 Å². The summed E-state index contributed by atoms with van der Waals surface area (Å²) in [5.74, 6) is 0.916. The van der Waals surface area contributed by atoms with Gasteiger partial charge in [0.05, 0.1) is 0 Å². The second-order valence-electron chi connectivity index (χ2n) is 4.08. The highest BCUT2D eigenvalue weighted by atomic mass is 79.9.